The Labute approximate surface area is 205 Å². The van der Waals surface area contributed by atoms with E-state index < -0.39 is 21.7 Å². The number of nitrogens with zero attached hydrogens (tertiary/aromatic N) is 4. The van der Waals surface area contributed by atoms with Crippen molar-refractivity contribution in [3.05, 3.63) is 66.2 Å². The predicted molar refractivity (Wildman–Crippen MR) is 129 cm³/mol. The molecule has 12 heteroatoms. The largest absolute Gasteiger partial charge is 0.319 e. The van der Waals surface area contributed by atoms with Gasteiger partial charge in [0, 0.05) is 49.1 Å². The van der Waals surface area contributed by atoms with Crippen molar-refractivity contribution in [3.8, 4) is 11.1 Å². The Balaban J connectivity index is 1.37. The molecule has 4 heterocycles. The summed E-state index contributed by atoms with van der Waals surface area (Å²) in [6, 6.07) is 10.1. The highest BCUT2D eigenvalue weighted by Gasteiger charge is 2.37. The molecule has 1 aliphatic rings. The number of H-pyrrole nitrogens is 1. The first-order chi connectivity index (χ1) is 17.1. The highest BCUT2D eigenvalue weighted by atomic mass is 32.2. The van der Waals surface area contributed by atoms with Gasteiger partial charge < -0.3 is 5.32 Å². The molecule has 0 unspecified atom stereocenters. The third-order valence-electron chi connectivity index (χ3n) is 5.94. The first kappa shape index (κ1) is 23.9. The Kier molecular flexibility index (Phi) is 6.00. The smallest absolute Gasteiger partial charge is 0.276 e. The number of aromatic amines is 1. The fourth-order valence-corrected chi connectivity index (χ4v) is 4.72. The lowest BCUT2D eigenvalue weighted by Gasteiger charge is -2.15. The maximum atomic E-state index is 13.5. The summed E-state index contributed by atoms with van der Waals surface area (Å²) in [4.78, 5) is 22.8. The molecular weight excluding hydrogens is 490 g/mol. The van der Waals surface area contributed by atoms with Gasteiger partial charge in [0.15, 0.2) is 20.6 Å². The zero-order chi connectivity index (χ0) is 25.5. The normalized spacial score (nSPS) is 15.9. The zero-order valence-corrected chi connectivity index (χ0v) is 20.0. The lowest BCUT2D eigenvalue weighted by Crippen LogP contribution is -2.24. The maximum Gasteiger partial charge on any atom is 0.276 e. The van der Waals surface area contributed by atoms with Gasteiger partial charge in [0.25, 0.3) is 11.8 Å². The first-order valence-electron chi connectivity index (χ1n) is 11.1. The third kappa shape index (κ3) is 5.09. The van der Waals surface area contributed by atoms with Crippen LogP contribution in [0, 0.1) is 0 Å². The standard InChI is InChI=1S/C24H22F2N6O3S/c1-36(34,35)21-5-3-18(12-28-21)29-23(33)22-19-9-16(2-4-20(19)30-31-22)17-8-15(10-27-11-17)13-32-7-6-24(25,26)14-32/h2-5,8-12H,6-7,13-14H2,1H3,(H,29,33)(H,30,31). The van der Waals surface area contributed by atoms with Gasteiger partial charge in [0.05, 0.1) is 23.9 Å². The number of hydrogen-bond acceptors (Lipinski definition) is 7. The Morgan fingerprint density at radius 3 is 2.67 bits per heavy atom. The molecule has 1 aromatic carbocycles. The molecule has 186 valence electrons. The average Bonchev–Trinajstić information content (AvgIpc) is 3.41. The van der Waals surface area contributed by atoms with Crippen molar-refractivity contribution >= 4 is 32.3 Å². The minimum absolute atomic E-state index is 0.0929. The quantitative estimate of drug-likeness (QED) is 0.406. The molecule has 5 rings (SSSR count). The highest BCUT2D eigenvalue weighted by molar-refractivity contribution is 7.90. The lowest BCUT2D eigenvalue weighted by atomic mass is 10.0. The molecule has 3 aromatic heterocycles. The van der Waals surface area contributed by atoms with Crippen molar-refractivity contribution in [2.45, 2.75) is 23.9 Å². The van der Waals surface area contributed by atoms with Crippen LogP contribution in [0.2, 0.25) is 0 Å². The second-order valence-corrected chi connectivity index (χ2v) is 10.8. The van der Waals surface area contributed by atoms with Gasteiger partial charge in [0.2, 0.25) is 0 Å². The topological polar surface area (TPSA) is 121 Å². The van der Waals surface area contributed by atoms with Crippen LogP contribution >= 0.6 is 0 Å². The summed E-state index contributed by atoms with van der Waals surface area (Å²) in [6.45, 7) is 0.455. The van der Waals surface area contributed by atoms with E-state index in [0.29, 0.717) is 29.7 Å². The molecule has 0 radical (unpaired) electrons. The van der Waals surface area contributed by atoms with E-state index in [1.807, 2.05) is 18.2 Å². The second-order valence-electron chi connectivity index (χ2n) is 8.84. The first-order valence-corrected chi connectivity index (χ1v) is 13.0. The van der Waals surface area contributed by atoms with Gasteiger partial charge in [-0.25, -0.2) is 22.2 Å². The van der Waals surface area contributed by atoms with Gasteiger partial charge in [0.1, 0.15) is 0 Å². The summed E-state index contributed by atoms with van der Waals surface area (Å²) in [5, 5.41) is 10.1. The number of nitrogens with one attached hydrogen (secondary N) is 2. The van der Waals surface area contributed by atoms with E-state index >= 15 is 0 Å². The number of carbonyl (C=O) groups is 1. The average molecular weight is 513 g/mol. The lowest BCUT2D eigenvalue weighted by molar-refractivity contribution is 0.0115. The number of fused-ring (bicyclic) bond motifs is 1. The molecule has 0 bridgehead atoms. The number of amides is 1. The Morgan fingerprint density at radius 2 is 1.97 bits per heavy atom. The second kappa shape index (κ2) is 9.03. The molecule has 0 aliphatic carbocycles. The monoisotopic (exact) mass is 512 g/mol. The molecular formula is C24H22F2N6O3S. The van der Waals surface area contributed by atoms with Crippen LogP contribution in [0.1, 0.15) is 22.5 Å². The summed E-state index contributed by atoms with van der Waals surface area (Å²) in [7, 11) is -3.45. The van der Waals surface area contributed by atoms with Crippen molar-refractivity contribution in [2.75, 3.05) is 24.7 Å². The predicted octanol–water partition coefficient (Wildman–Crippen LogP) is 3.52. The molecule has 0 atom stereocenters. The van der Waals surface area contributed by atoms with Gasteiger partial charge in [-0.2, -0.15) is 5.10 Å². The molecule has 0 saturated carbocycles. The zero-order valence-electron chi connectivity index (χ0n) is 19.2. The summed E-state index contributed by atoms with van der Waals surface area (Å²) >= 11 is 0. The SMILES string of the molecule is CS(=O)(=O)c1ccc(NC(=O)c2n[nH]c3ccc(-c4cncc(CN5CCC(F)(F)C5)c4)cc23)cn1. The molecule has 2 N–H and O–H groups in total. The number of hydrogen-bond donors (Lipinski definition) is 2. The maximum absolute atomic E-state index is 13.5. The molecule has 1 amide bonds. The Morgan fingerprint density at radius 1 is 1.14 bits per heavy atom. The summed E-state index contributed by atoms with van der Waals surface area (Å²) in [6.07, 6.45) is 5.52. The number of likely N-dealkylation sites (tertiary alicyclic amines) is 1. The van der Waals surface area contributed by atoms with Gasteiger partial charge >= 0.3 is 0 Å². The molecule has 4 aromatic rings. The van der Waals surface area contributed by atoms with E-state index in [-0.39, 0.29) is 23.7 Å². The van der Waals surface area contributed by atoms with Crippen LogP contribution in [0.3, 0.4) is 0 Å². The molecule has 9 nitrogen and oxygen atoms in total. The van der Waals surface area contributed by atoms with E-state index in [1.54, 1.807) is 23.4 Å². The third-order valence-corrected chi connectivity index (χ3v) is 6.94. The molecule has 0 spiro atoms. The molecule has 36 heavy (non-hydrogen) atoms. The molecule has 1 fully saturated rings. The Bertz CT molecular complexity index is 1550. The van der Waals surface area contributed by atoms with Crippen molar-refractivity contribution < 1.29 is 22.0 Å². The minimum atomic E-state index is -3.45. The van der Waals surface area contributed by atoms with Crippen LogP contribution in [0.15, 0.2) is 60.0 Å². The molecule has 1 aliphatic heterocycles. The van der Waals surface area contributed by atoms with Gasteiger partial charge in [-0.05, 0) is 41.5 Å². The van der Waals surface area contributed by atoms with Crippen molar-refractivity contribution in [1.82, 2.24) is 25.1 Å². The number of pyridine rings is 2. The van der Waals surface area contributed by atoms with Gasteiger partial charge in [-0.3, -0.25) is 19.8 Å². The van der Waals surface area contributed by atoms with Crippen LogP contribution < -0.4 is 5.32 Å². The number of aromatic nitrogens is 4. The summed E-state index contributed by atoms with van der Waals surface area (Å²) < 4.78 is 50.2. The number of alkyl halides is 2. The Hall–Kier alpha value is -3.77. The van der Waals surface area contributed by atoms with Gasteiger partial charge in [-0.15, -0.1) is 0 Å². The number of rotatable bonds is 6. The van der Waals surface area contributed by atoms with E-state index in [1.165, 1.54) is 18.3 Å². The van der Waals surface area contributed by atoms with E-state index in [2.05, 4.69) is 25.5 Å². The van der Waals surface area contributed by atoms with Crippen LogP contribution in [0.25, 0.3) is 22.0 Å². The van der Waals surface area contributed by atoms with Crippen LogP contribution in [-0.2, 0) is 16.4 Å². The number of anilines is 1. The van der Waals surface area contributed by atoms with Crippen molar-refractivity contribution in [1.29, 1.82) is 0 Å². The molecule has 1 saturated heterocycles. The van der Waals surface area contributed by atoms with Crippen LogP contribution in [0.4, 0.5) is 14.5 Å². The minimum Gasteiger partial charge on any atom is -0.319 e. The fourth-order valence-electron chi connectivity index (χ4n) is 4.16. The van der Waals surface area contributed by atoms with Crippen molar-refractivity contribution in [2.24, 2.45) is 0 Å². The van der Waals surface area contributed by atoms with E-state index in [9.17, 15) is 22.0 Å². The van der Waals surface area contributed by atoms with Crippen molar-refractivity contribution in [3.63, 3.8) is 0 Å². The summed E-state index contributed by atoms with van der Waals surface area (Å²) in [5.41, 5.74) is 3.52. The highest BCUT2D eigenvalue weighted by Crippen LogP contribution is 2.29. The number of halogens is 2. The van der Waals surface area contributed by atoms with Crippen LogP contribution in [-0.4, -0.2) is 64.7 Å². The van der Waals surface area contributed by atoms with E-state index in [4.69, 9.17) is 0 Å². The number of sulfone groups is 1. The number of carbonyl (C=O) groups excluding carboxylic acids is 1. The van der Waals surface area contributed by atoms with E-state index in [0.717, 1.165) is 22.9 Å². The fraction of sp³-hybridized carbons (Fsp3) is 0.250. The number of benzene rings is 1. The van der Waals surface area contributed by atoms with Gasteiger partial charge in [-0.1, -0.05) is 6.07 Å². The van der Waals surface area contributed by atoms with Crippen LogP contribution in [0.5, 0.6) is 0 Å². The summed E-state index contributed by atoms with van der Waals surface area (Å²) in [5.74, 6) is -3.14.